The maximum Gasteiger partial charge on any atom is 0.232 e. The van der Waals surface area contributed by atoms with Crippen molar-refractivity contribution >= 4 is 29.9 Å². The molecule has 2 N–H and O–H groups in total. The average Bonchev–Trinajstić information content (AvgIpc) is 3.07. The molecule has 2 rings (SSSR count). The van der Waals surface area contributed by atoms with Crippen molar-refractivity contribution in [3.8, 4) is 0 Å². The molecule has 1 unspecified atom stereocenters. The van der Waals surface area contributed by atoms with Crippen LogP contribution in [0.4, 0.5) is 0 Å². The zero-order valence-corrected chi connectivity index (χ0v) is 18.9. The highest BCUT2D eigenvalue weighted by molar-refractivity contribution is 14.0. The second-order valence-electron chi connectivity index (χ2n) is 7.34. The first kappa shape index (κ1) is 23.1. The normalized spacial score (nSPS) is 17.5. The smallest absolute Gasteiger partial charge is 0.232 e. The fourth-order valence-electron chi connectivity index (χ4n) is 2.51. The molecule has 0 saturated carbocycles. The number of nitrogens with one attached hydrogen (secondary N) is 2. The summed E-state index contributed by atoms with van der Waals surface area (Å²) in [5.41, 5.74) is -0.148. The van der Waals surface area contributed by atoms with Gasteiger partial charge in [0.25, 0.3) is 0 Å². The molecule has 0 amide bonds. The third-order valence-corrected chi connectivity index (χ3v) is 4.07. The molecule has 1 saturated heterocycles. The second-order valence-corrected chi connectivity index (χ2v) is 7.34. The third-order valence-electron chi connectivity index (χ3n) is 4.07. The number of halogens is 1. The van der Waals surface area contributed by atoms with Crippen LogP contribution < -0.4 is 10.6 Å². The Balaban J connectivity index is 0.00000338. The minimum Gasteiger partial charge on any atom is -0.379 e. The van der Waals surface area contributed by atoms with Crippen LogP contribution in [0.25, 0.3) is 0 Å². The van der Waals surface area contributed by atoms with E-state index in [9.17, 15) is 0 Å². The highest BCUT2D eigenvalue weighted by Gasteiger charge is 2.21. The molecule has 0 aromatic carbocycles. The number of aromatic nitrogens is 2. The lowest BCUT2D eigenvalue weighted by Gasteiger charge is -2.32. The van der Waals surface area contributed by atoms with Crippen LogP contribution in [-0.4, -0.2) is 66.4 Å². The standard InChI is InChI=1S/C17H32N6O2.HI/c1-6-18-16(19-11-13(2)23-7-9-24-10-8-23)20-12-14-21-15(25-22-14)17(3,4)5;/h13H,6-12H2,1-5H3,(H2,18,19,20);1H. The first-order chi connectivity index (χ1) is 11.9. The van der Waals surface area contributed by atoms with Crippen LogP contribution in [-0.2, 0) is 16.7 Å². The molecule has 0 radical (unpaired) electrons. The van der Waals surface area contributed by atoms with E-state index in [1.165, 1.54) is 0 Å². The van der Waals surface area contributed by atoms with Crippen molar-refractivity contribution in [2.75, 3.05) is 39.4 Å². The lowest BCUT2D eigenvalue weighted by Crippen LogP contribution is -2.49. The molecule has 9 heteroatoms. The van der Waals surface area contributed by atoms with E-state index < -0.39 is 0 Å². The number of guanidine groups is 1. The van der Waals surface area contributed by atoms with E-state index in [-0.39, 0.29) is 29.4 Å². The lowest BCUT2D eigenvalue weighted by molar-refractivity contribution is 0.0211. The van der Waals surface area contributed by atoms with Crippen molar-refractivity contribution in [3.63, 3.8) is 0 Å². The molecule has 1 aromatic rings. The van der Waals surface area contributed by atoms with Crippen molar-refractivity contribution in [1.82, 2.24) is 25.7 Å². The quantitative estimate of drug-likeness (QED) is 0.365. The molecule has 1 aromatic heterocycles. The van der Waals surface area contributed by atoms with Gasteiger partial charge in [-0.05, 0) is 13.8 Å². The van der Waals surface area contributed by atoms with Gasteiger partial charge in [-0.25, -0.2) is 4.99 Å². The van der Waals surface area contributed by atoms with Gasteiger partial charge in [0.05, 0.1) is 13.2 Å². The summed E-state index contributed by atoms with van der Waals surface area (Å²) in [5, 5.41) is 10.7. The van der Waals surface area contributed by atoms with E-state index in [0.29, 0.717) is 24.3 Å². The van der Waals surface area contributed by atoms with Crippen LogP contribution in [0.15, 0.2) is 9.52 Å². The first-order valence-electron chi connectivity index (χ1n) is 9.07. The number of morpholine rings is 1. The van der Waals surface area contributed by atoms with Crippen LogP contribution >= 0.6 is 24.0 Å². The highest BCUT2D eigenvalue weighted by atomic mass is 127. The van der Waals surface area contributed by atoms with Crippen molar-refractivity contribution in [3.05, 3.63) is 11.7 Å². The largest absolute Gasteiger partial charge is 0.379 e. The number of hydrogen-bond donors (Lipinski definition) is 2. The average molecular weight is 480 g/mol. The molecule has 1 atom stereocenters. The molecule has 0 bridgehead atoms. The minimum atomic E-state index is -0.148. The van der Waals surface area contributed by atoms with Gasteiger partial charge in [-0.2, -0.15) is 4.98 Å². The van der Waals surface area contributed by atoms with Gasteiger partial charge in [-0.1, -0.05) is 25.9 Å². The predicted molar refractivity (Wildman–Crippen MR) is 113 cm³/mol. The van der Waals surface area contributed by atoms with Gasteiger partial charge in [0, 0.05) is 37.6 Å². The van der Waals surface area contributed by atoms with Crippen molar-refractivity contribution < 1.29 is 9.26 Å². The molecule has 1 fully saturated rings. The number of nitrogens with zero attached hydrogens (tertiary/aromatic N) is 4. The Labute approximate surface area is 173 Å². The fourth-order valence-corrected chi connectivity index (χ4v) is 2.51. The summed E-state index contributed by atoms with van der Waals surface area (Å²) in [5.74, 6) is 2.00. The van der Waals surface area contributed by atoms with Gasteiger partial charge in [0.1, 0.15) is 6.54 Å². The maximum atomic E-state index is 5.41. The van der Waals surface area contributed by atoms with E-state index in [4.69, 9.17) is 9.26 Å². The van der Waals surface area contributed by atoms with E-state index in [1.807, 2.05) is 20.8 Å². The summed E-state index contributed by atoms with van der Waals surface area (Å²) in [6, 6.07) is 0.422. The van der Waals surface area contributed by atoms with E-state index in [0.717, 1.165) is 45.4 Å². The number of aliphatic imine (C=N–C) groups is 1. The van der Waals surface area contributed by atoms with Crippen LogP contribution in [0.3, 0.4) is 0 Å². The molecule has 0 spiro atoms. The van der Waals surface area contributed by atoms with E-state index in [1.54, 1.807) is 0 Å². The topological polar surface area (TPSA) is 87.8 Å². The van der Waals surface area contributed by atoms with Gasteiger partial charge in [-0.3, -0.25) is 4.90 Å². The highest BCUT2D eigenvalue weighted by Crippen LogP contribution is 2.19. The third kappa shape index (κ3) is 7.36. The zero-order chi connectivity index (χ0) is 18.3. The summed E-state index contributed by atoms with van der Waals surface area (Å²) >= 11 is 0. The lowest BCUT2D eigenvalue weighted by atomic mass is 9.97. The molecular formula is C17H33IN6O2. The Bertz CT molecular complexity index is 552. The molecule has 0 aliphatic carbocycles. The first-order valence-corrected chi connectivity index (χ1v) is 9.07. The Kier molecular flexibility index (Phi) is 9.80. The SMILES string of the molecule is CCNC(=NCc1noc(C(C)(C)C)n1)NCC(C)N1CCOCC1.I. The molecule has 1 aliphatic rings. The van der Waals surface area contributed by atoms with Crippen molar-refractivity contribution in [2.24, 2.45) is 4.99 Å². The van der Waals surface area contributed by atoms with Gasteiger partial charge < -0.3 is 19.9 Å². The minimum absolute atomic E-state index is 0. The van der Waals surface area contributed by atoms with Gasteiger partial charge in [0.15, 0.2) is 11.8 Å². The van der Waals surface area contributed by atoms with Crippen LogP contribution in [0.2, 0.25) is 0 Å². The van der Waals surface area contributed by atoms with Gasteiger partial charge in [-0.15, -0.1) is 24.0 Å². The monoisotopic (exact) mass is 480 g/mol. The van der Waals surface area contributed by atoms with Crippen molar-refractivity contribution in [1.29, 1.82) is 0 Å². The molecule has 8 nitrogen and oxygen atoms in total. The van der Waals surface area contributed by atoms with E-state index in [2.05, 4.69) is 44.5 Å². The summed E-state index contributed by atoms with van der Waals surface area (Å²) in [6.07, 6.45) is 0. The van der Waals surface area contributed by atoms with Crippen LogP contribution in [0.1, 0.15) is 46.3 Å². The number of hydrogen-bond acceptors (Lipinski definition) is 6. The Hall–Kier alpha value is -0.940. The second kappa shape index (κ2) is 11.0. The Morgan fingerprint density at radius 3 is 2.54 bits per heavy atom. The van der Waals surface area contributed by atoms with Crippen LogP contribution in [0, 0.1) is 0 Å². The zero-order valence-electron chi connectivity index (χ0n) is 16.5. The van der Waals surface area contributed by atoms with Crippen LogP contribution in [0.5, 0.6) is 0 Å². The van der Waals surface area contributed by atoms with Crippen molar-refractivity contribution in [2.45, 2.75) is 52.6 Å². The van der Waals surface area contributed by atoms with Gasteiger partial charge in [0.2, 0.25) is 5.89 Å². The molecule has 1 aliphatic heterocycles. The predicted octanol–water partition coefficient (Wildman–Crippen LogP) is 1.76. The number of rotatable bonds is 6. The molecule has 2 heterocycles. The van der Waals surface area contributed by atoms with Gasteiger partial charge >= 0.3 is 0 Å². The van der Waals surface area contributed by atoms with E-state index >= 15 is 0 Å². The summed E-state index contributed by atoms with van der Waals surface area (Å²) in [4.78, 5) is 11.4. The number of ether oxygens (including phenoxy) is 1. The fraction of sp³-hybridized carbons (Fsp3) is 0.824. The maximum absolute atomic E-state index is 5.41. The summed E-state index contributed by atoms with van der Waals surface area (Å²) < 4.78 is 10.7. The Morgan fingerprint density at radius 1 is 1.27 bits per heavy atom. The molecule has 150 valence electrons. The summed E-state index contributed by atoms with van der Waals surface area (Å²) in [7, 11) is 0. The molecular weight excluding hydrogens is 447 g/mol. The molecule has 26 heavy (non-hydrogen) atoms. The summed E-state index contributed by atoms with van der Waals surface area (Å²) in [6.45, 7) is 16.0. The Morgan fingerprint density at radius 2 is 1.96 bits per heavy atom.